The fourth-order valence-corrected chi connectivity index (χ4v) is 2.72. The molecule has 9 heteroatoms. The molecule has 2 aromatic rings. The zero-order chi connectivity index (χ0) is 21.0. The summed E-state index contributed by atoms with van der Waals surface area (Å²) < 4.78 is 10.4. The summed E-state index contributed by atoms with van der Waals surface area (Å²) >= 11 is 0. The molecule has 1 fully saturated rings. The van der Waals surface area contributed by atoms with E-state index in [0.29, 0.717) is 5.69 Å². The lowest BCUT2D eigenvalue weighted by Crippen LogP contribution is -2.35. The summed E-state index contributed by atoms with van der Waals surface area (Å²) in [7, 11) is 1.31. The first-order valence-corrected chi connectivity index (χ1v) is 8.31. The predicted octanol–water partition coefficient (Wildman–Crippen LogP) is 2.08. The molecule has 1 heterocycles. The summed E-state index contributed by atoms with van der Waals surface area (Å²) in [5, 5.41) is 12.6. The molecule has 3 rings (SSSR count). The van der Waals surface area contributed by atoms with E-state index in [9.17, 15) is 19.7 Å². The Morgan fingerprint density at radius 2 is 2.00 bits per heavy atom. The number of carbonyl (C=O) groups is 2. The van der Waals surface area contributed by atoms with Crippen molar-refractivity contribution in [3.05, 3.63) is 63.7 Å². The first kappa shape index (κ1) is 19.4. The smallest absolute Gasteiger partial charge is 0.315 e. The van der Waals surface area contributed by atoms with Crippen molar-refractivity contribution in [3.8, 4) is 23.8 Å². The molecule has 29 heavy (non-hydrogen) atoms. The molecule has 1 aliphatic heterocycles. The molecule has 0 aliphatic carbocycles. The molecule has 0 unspecified atom stereocenters. The van der Waals surface area contributed by atoms with Crippen molar-refractivity contribution in [1.29, 1.82) is 0 Å². The highest BCUT2D eigenvalue weighted by Gasteiger charge is 2.34. The molecule has 0 bridgehead atoms. The molecule has 2 aromatic carbocycles. The molecule has 0 radical (unpaired) electrons. The molecule has 9 nitrogen and oxygen atoms in total. The van der Waals surface area contributed by atoms with Crippen LogP contribution in [0.15, 0.2) is 48.0 Å². The number of nitro groups is 1. The van der Waals surface area contributed by atoms with Gasteiger partial charge in [0.15, 0.2) is 5.75 Å². The van der Waals surface area contributed by atoms with Crippen LogP contribution < -0.4 is 19.9 Å². The van der Waals surface area contributed by atoms with Gasteiger partial charge in [0.1, 0.15) is 12.2 Å². The number of nitro benzene ring substituents is 1. The second-order valence-electron chi connectivity index (χ2n) is 5.80. The van der Waals surface area contributed by atoms with Crippen molar-refractivity contribution >= 4 is 29.3 Å². The van der Waals surface area contributed by atoms with Crippen LogP contribution in [0.5, 0.6) is 11.5 Å². The highest BCUT2D eigenvalue weighted by molar-refractivity contribution is 6.31. The van der Waals surface area contributed by atoms with Gasteiger partial charge in [0, 0.05) is 6.07 Å². The Morgan fingerprint density at radius 3 is 2.62 bits per heavy atom. The largest absolute Gasteiger partial charge is 0.493 e. The number of nitrogens with one attached hydrogen (secondary N) is 1. The molecule has 2 amide bonds. The Bertz CT molecular complexity index is 1060. The minimum Gasteiger partial charge on any atom is -0.493 e. The van der Waals surface area contributed by atoms with E-state index in [0.717, 1.165) is 5.01 Å². The maximum Gasteiger partial charge on any atom is 0.315 e. The van der Waals surface area contributed by atoms with Crippen LogP contribution >= 0.6 is 0 Å². The van der Waals surface area contributed by atoms with Gasteiger partial charge in [-0.1, -0.05) is 24.1 Å². The molecule has 1 aliphatic rings. The average molecular weight is 393 g/mol. The molecule has 0 atom stereocenters. The average Bonchev–Trinajstić information content (AvgIpc) is 3.00. The topological polar surface area (TPSA) is 111 Å². The summed E-state index contributed by atoms with van der Waals surface area (Å²) in [6.07, 6.45) is 6.39. The predicted molar refractivity (Wildman–Crippen MR) is 104 cm³/mol. The van der Waals surface area contributed by atoms with E-state index >= 15 is 0 Å². The number of nitrogens with zero attached hydrogens (tertiary/aromatic N) is 2. The van der Waals surface area contributed by atoms with Gasteiger partial charge in [-0.05, 0) is 29.8 Å². The zero-order valence-electron chi connectivity index (χ0n) is 15.2. The van der Waals surface area contributed by atoms with Gasteiger partial charge in [-0.25, -0.2) is 5.01 Å². The van der Waals surface area contributed by atoms with Crippen LogP contribution in [-0.4, -0.2) is 30.5 Å². The van der Waals surface area contributed by atoms with Gasteiger partial charge >= 0.3 is 5.69 Å². The Kier molecular flexibility index (Phi) is 5.46. The van der Waals surface area contributed by atoms with E-state index in [1.807, 2.05) is 0 Å². The van der Waals surface area contributed by atoms with E-state index in [-0.39, 0.29) is 29.2 Å². The zero-order valence-corrected chi connectivity index (χ0v) is 15.2. The second kappa shape index (κ2) is 8.14. The Labute approximate surface area is 165 Å². The van der Waals surface area contributed by atoms with Crippen LogP contribution in [0.3, 0.4) is 0 Å². The summed E-state index contributed by atoms with van der Waals surface area (Å²) in [6.45, 7) is -0.190. The second-order valence-corrected chi connectivity index (χ2v) is 5.80. The van der Waals surface area contributed by atoms with Crippen molar-refractivity contribution in [1.82, 2.24) is 5.43 Å². The lowest BCUT2D eigenvalue weighted by Gasteiger charge is -2.13. The highest BCUT2D eigenvalue weighted by Crippen LogP contribution is 2.39. The minimum atomic E-state index is -0.664. The molecule has 0 saturated carbocycles. The first-order valence-electron chi connectivity index (χ1n) is 8.31. The normalized spacial score (nSPS) is 14.5. The third-order valence-electron chi connectivity index (χ3n) is 3.99. The third-order valence-corrected chi connectivity index (χ3v) is 3.99. The first-order chi connectivity index (χ1) is 14.0. The van der Waals surface area contributed by atoms with Crippen molar-refractivity contribution < 1.29 is 24.0 Å². The van der Waals surface area contributed by atoms with Gasteiger partial charge in [-0.3, -0.25) is 25.1 Å². The number of carbonyl (C=O) groups excluding carboxylic acids is 2. The number of ether oxygens (including phenoxy) is 2. The fraction of sp³-hybridized carbons (Fsp3) is 0.100. The minimum absolute atomic E-state index is 0.0482. The monoisotopic (exact) mass is 393 g/mol. The van der Waals surface area contributed by atoms with E-state index in [1.54, 1.807) is 30.3 Å². The Hall–Kier alpha value is -4.32. The van der Waals surface area contributed by atoms with Gasteiger partial charge in [0.25, 0.3) is 11.8 Å². The van der Waals surface area contributed by atoms with Crippen LogP contribution in [0.25, 0.3) is 6.08 Å². The number of rotatable bonds is 6. The lowest BCUT2D eigenvalue weighted by atomic mass is 10.1. The summed E-state index contributed by atoms with van der Waals surface area (Å²) in [6, 6.07) is 11.1. The van der Waals surface area contributed by atoms with Crippen LogP contribution in [0.4, 0.5) is 11.4 Å². The number of anilines is 1. The van der Waals surface area contributed by atoms with E-state index in [1.165, 1.54) is 25.3 Å². The van der Waals surface area contributed by atoms with Gasteiger partial charge in [-0.2, -0.15) is 0 Å². The van der Waals surface area contributed by atoms with Crippen molar-refractivity contribution in [2.45, 2.75) is 0 Å². The molecule has 1 N–H and O–H groups in total. The maximum absolute atomic E-state index is 12.7. The van der Waals surface area contributed by atoms with Crippen molar-refractivity contribution in [2.24, 2.45) is 0 Å². The summed E-state index contributed by atoms with van der Waals surface area (Å²) in [4.78, 5) is 35.8. The number of hydrogen-bond donors (Lipinski definition) is 1. The van der Waals surface area contributed by atoms with Crippen LogP contribution in [0, 0.1) is 22.5 Å². The van der Waals surface area contributed by atoms with E-state index in [2.05, 4.69) is 11.3 Å². The number of benzene rings is 2. The number of para-hydroxylation sites is 1. The molecule has 0 spiro atoms. The van der Waals surface area contributed by atoms with E-state index in [4.69, 9.17) is 15.9 Å². The third kappa shape index (κ3) is 3.86. The number of methoxy groups -OCH3 is 1. The SMILES string of the molecule is C#CCOc1c(OC)cc(C=C2C(=O)NN(c3ccccc3)C2=O)cc1[N+](=O)[O-]. The van der Waals surface area contributed by atoms with Crippen LogP contribution in [0.2, 0.25) is 0 Å². The highest BCUT2D eigenvalue weighted by atomic mass is 16.6. The molecule has 146 valence electrons. The van der Waals surface area contributed by atoms with Gasteiger partial charge in [0.05, 0.1) is 17.7 Å². The molecular weight excluding hydrogens is 378 g/mol. The van der Waals surface area contributed by atoms with Crippen LogP contribution in [-0.2, 0) is 9.59 Å². The lowest BCUT2D eigenvalue weighted by molar-refractivity contribution is -0.385. The van der Waals surface area contributed by atoms with Gasteiger partial charge < -0.3 is 9.47 Å². The molecular formula is C20H15N3O6. The molecule has 0 aromatic heterocycles. The Morgan fingerprint density at radius 1 is 1.28 bits per heavy atom. The number of amides is 2. The number of terminal acetylenes is 1. The fourth-order valence-electron chi connectivity index (χ4n) is 2.72. The quantitative estimate of drug-likeness (QED) is 0.264. The molecule has 1 saturated heterocycles. The standard InChI is InChI=1S/C20H15N3O6/c1-3-9-29-18-16(23(26)27)11-13(12-17(18)28-2)10-15-19(24)21-22(20(15)25)14-7-5-4-6-8-14/h1,4-8,10-12H,9H2,2H3,(H,21,24). The maximum atomic E-state index is 12.7. The van der Waals surface area contributed by atoms with Crippen molar-refractivity contribution in [3.63, 3.8) is 0 Å². The van der Waals surface area contributed by atoms with Crippen molar-refractivity contribution in [2.75, 3.05) is 18.7 Å². The Balaban J connectivity index is 2.02. The number of hydrazine groups is 1. The van der Waals surface area contributed by atoms with E-state index < -0.39 is 22.4 Å². The van der Waals surface area contributed by atoms with Gasteiger partial charge in [0.2, 0.25) is 5.75 Å². The summed E-state index contributed by atoms with van der Waals surface area (Å²) in [5.74, 6) is 0.919. The number of hydrogen-bond acceptors (Lipinski definition) is 6. The summed E-state index contributed by atoms with van der Waals surface area (Å²) in [5.41, 5.74) is 2.58. The van der Waals surface area contributed by atoms with Gasteiger partial charge in [-0.15, -0.1) is 6.42 Å². The van der Waals surface area contributed by atoms with Crippen LogP contribution in [0.1, 0.15) is 5.56 Å².